The van der Waals surface area contributed by atoms with E-state index in [2.05, 4.69) is 21.0 Å². The summed E-state index contributed by atoms with van der Waals surface area (Å²) in [4.78, 5) is 12.6. The fraction of sp³-hybridized carbons (Fsp3) is 0.364. The van der Waals surface area contributed by atoms with E-state index in [9.17, 15) is 4.79 Å². The smallest absolute Gasteiger partial charge is 0.176 e. The first-order valence-corrected chi connectivity index (χ1v) is 6.88. The van der Waals surface area contributed by atoms with E-state index in [-0.39, 0.29) is 5.78 Å². The molecule has 0 unspecified atom stereocenters. The SMILES string of the molecule is CCc1nnsc1C(=O)CCc1ccsc1. The molecule has 0 aliphatic heterocycles. The minimum Gasteiger partial charge on any atom is -0.293 e. The van der Waals surface area contributed by atoms with E-state index in [1.165, 1.54) is 17.1 Å². The van der Waals surface area contributed by atoms with Gasteiger partial charge in [-0.05, 0) is 46.8 Å². The molecule has 16 heavy (non-hydrogen) atoms. The molecule has 0 saturated carbocycles. The lowest BCUT2D eigenvalue weighted by Crippen LogP contribution is -2.01. The molecule has 84 valence electrons. The highest BCUT2D eigenvalue weighted by atomic mass is 32.1. The third-order valence-corrected chi connectivity index (χ3v) is 3.91. The second kappa shape index (κ2) is 5.32. The minimum absolute atomic E-state index is 0.165. The maximum absolute atomic E-state index is 11.9. The number of hydrogen-bond donors (Lipinski definition) is 0. The summed E-state index contributed by atoms with van der Waals surface area (Å²) in [6, 6.07) is 2.06. The van der Waals surface area contributed by atoms with E-state index in [1.807, 2.05) is 12.3 Å². The molecule has 0 bridgehead atoms. The Bertz CT molecular complexity index is 462. The van der Waals surface area contributed by atoms with Gasteiger partial charge in [0.15, 0.2) is 5.78 Å². The van der Waals surface area contributed by atoms with Crippen LogP contribution in [0.2, 0.25) is 0 Å². The molecule has 2 aromatic rings. The Morgan fingerprint density at radius 3 is 3.06 bits per heavy atom. The van der Waals surface area contributed by atoms with Crippen LogP contribution < -0.4 is 0 Å². The number of rotatable bonds is 5. The summed E-state index contributed by atoms with van der Waals surface area (Å²) in [5.74, 6) is 0.165. The van der Waals surface area contributed by atoms with Crippen molar-refractivity contribution in [2.75, 3.05) is 0 Å². The molecule has 0 fully saturated rings. The van der Waals surface area contributed by atoms with Gasteiger partial charge in [-0.1, -0.05) is 11.4 Å². The Hall–Kier alpha value is -1.07. The van der Waals surface area contributed by atoms with E-state index in [4.69, 9.17) is 0 Å². The Labute approximate surface area is 102 Å². The maximum atomic E-state index is 11.9. The van der Waals surface area contributed by atoms with Gasteiger partial charge in [0.2, 0.25) is 0 Å². The molecule has 0 saturated heterocycles. The molecule has 0 atom stereocenters. The quantitative estimate of drug-likeness (QED) is 0.768. The maximum Gasteiger partial charge on any atom is 0.176 e. The van der Waals surface area contributed by atoms with Gasteiger partial charge in [0.05, 0.1) is 5.69 Å². The number of Topliss-reactive ketones (excluding diaryl/α,β-unsaturated/α-hetero) is 1. The van der Waals surface area contributed by atoms with Crippen molar-refractivity contribution in [2.24, 2.45) is 0 Å². The minimum atomic E-state index is 0.165. The fourth-order valence-electron chi connectivity index (χ4n) is 1.46. The van der Waals surface area contributed by atoms with Crippen molar-refractivity contribution in [2.45, 2.75) is 26.2 Å². The number of hydrogen-bond acceptors (Lipinski definition) is 5. The third-order valence-electron chi connectivity index (χ3n) is 2.36. The first kappa shape index (κ1) is 11.4. The molecule has 2 heterocycles. The lowest BCUT2D eigenvalue weighted by molar-refractivity contribution is 0.0985. The van der Waals surface area contributed by atoms with Gasteiger partial charge in [0.1, 0.15) is 4.88 Å². The van der Waals surface area contributed by atoms with Gasteiger partial charge in [0, 0.05) is 6.42 Å². The monoisotopic (exact) mass is 252 g/mol. The van der Waals surface area contributed by atoms with Crippen LogP contribution in [0.4, 0.5) is 0 Å². The normalized spacial score (nSPS) is 10.6. The molecule has 0 amide bonds. The van der Waals surface area contributed by atoms with Crippen molar-refractivity contribution in [1.82, 2.24) is 9.59 Å². The highest BCUT2D eigenvalue weighted by Gasteiger charge is 2.14. The molecule has 2 rings (SSSR count). The predicted molar refractivity (Wildman–Crippen MR) is 66.3 cm³/mol. The van der Waals surface area contributed by atoms with Crippen molar-refractivity contribution in [3.8, 4) is 0 Å². The Morgan fingerprint density at radius 2 is 2.38 bits per heavy atom. The van der Waals surface area contributed by atoms with E-state index in [1.54, 1.807) is 11.3 Å². The number of aromatic nitrogens is 2. The topological polar surface area (TPSA) is 42.9 Å². The summed E-state index contributed by atoms with van der Waals surface area (Å²) in [5.41, 5.74) is 2.06. The molecule has 0 aromatic carbocycles. The van der Waals surface area contributed by atoms with Crippen LogP contribution in [-0.4, -0.2) is 15.4 Å². The lowest BCUT2D eigenvalue weighted by atomic mass is 10.1. The van der Waals surface area contributed by atoms with Crippen molar-refractivity contribution < 1.29 is 4.79 Å². The summed E-state index contributed by atoms with van der Waals surface area (Å²) in [7, 11) is 0. The average molecular weight is 252 g/mol. The van der Waals surface area contributed by atoms with Gasteiger partial charge in [-0.2, -0.15) is 11.3 Å². The van der Waals surface area contributed by atoms with Crippen LogP contribution in [0.15, 0.2) is 16.8 Å². The second-order valence-electron chi connectivity index (χ2n) is 3.46. The van der Waals surface area contributed by atoms with E-state index in [0.717, 1.165) is 23.4 Å². The molecular weight excluding hydrogens is 240 g/mol. The Morgan fingerprint density at radius 1 is 1.50 bits per heavy atom. The standard InChI is InChI=1S/C11H12N2OS2/c1-2-9-11(16-13-12-9)10(14)4-3-8-5-6-15-7-8/h5-7H,2-4H2,1H3. The fourth-order valence-corrected chi connectivity index (χ4v) is 2.88. The van der Waals surface area contributed by atoms with Gasteiger partial charge in [0.25, 0.3) is 0 Å². The molecule has 2 aromatic heterocycles. The number of aryl methyl sites for hydroxylation is 2. The first-order chi connectivity index (χ1) is 7.81. The van der Waals surface area contributed by atoms with Crippen LogP contribution in [-0.2, 0) is 12.8 Å². The summed E-state index contributed by atoms with van der Waals surface area (Å²) in [6.07, 6.45) is 2.13. The van der Waals surface area contributed by atoms with E-state index in [0.29, 0.717) is 6.42 Å². The van der Waals surface area contributed by atoms with Crippen molar-refractivity contribution in [1.29, 1.82) is 0 Å². The van der Waals surface area contributed by atoms with Gasteiger partial charge >= 0.3 is 0 Å². The Balaban J connectivity index is 1.98. The van der Waals surface area contributed by atoms with Crippen LogP contribution in [0, 0.1) is 0 Å². The Kier molecular flexibility index (Phi) is 3.79. The zero-order valence-corrected chi connectivity index (χ0v) is 10.6. The number of ketones is 1. The van der Waals surface area contributed by atoms with Gasteiger partial charge in [-0.25, -0.2) is 0 Å². The van der Waals surface area contributed by atoms with E-state index >= 15 is 0 Å². The van der Waals surface area contributed by atoms with Crippen LogP contribution in [0.1, 0.15) is 34.3 Å². The lowest BCUT2D eigenvalue weighted by Gasteiger charge is -1.97. The molecule has 0 aliphatic rings. The summed E-state index contributed by atoms with van der Waals surface area (Å²) < 4.78 is 3.83. The van der Waals surface area contributed by atoms with Gasteiger partial charge in [-0.15, -0.1) is 5.10 Å². The molecule has 0 radical (unpaired) electrons. The molecule has 0 spiro atoms. The van der Waals surface area contributed by atoms with Crippen molar-refractivity contribution in [3.05, 3.63) is 33.0 Å². The number of carbonyl (C=O) groups is 1. The zero-order valence-electron chi connectivity index (χ0n) is 8.97. The van der Waals surface area contributed by atoms with Crippen LogP contribution in [0.5, 0.6) is 0 Å². The zero-order chi connectivity index (χ0) is 11.4. The first-order valence-electron chi connectivity index (χ1n) is 5.16. The predicted octanol–water partition coefficient (Wildman–Crippen LogP) is 2.98. The van der Waals surface area contributed by atoms with Crippen LogP contribution in [0.3, 0.4) is 0 Å². The van der Waals surface area contributed by atoms with Gasteiger partial charge in [-0.3, -0.25) is 4.79 Å². The summed E-state index contributed by atoms with van der Waals surface area (Å²) in [5, 5.41) is 8.07. The van der Waals surface area contributed by atoms with E-state index < -0.39 is 0 Å². The summed E-state index contributed by atoms with van der Waals surface area (Å²) in [6.45, 7) is 1.99. The van der Waals surface area contributed by atoms with Crippen molar-refractivity contribution in [3.63, 3.8) is 0 Å². The summed E-state index contributed by atoms with van der Waals surface area (Å²) >= 11 is 2.87. The highest BCUT2D eigenvalue weighted by molar-refractivity contribution is 7.08. The molecular formula is C11H12N2OS2. The van der Waals surface area contributed by atoms with Crippen LogP contribution >= 0.6 is 22.9 Å². The number of nitrogens with zero attached hydrogens (tertiary/aromatic N) is 2. The van der Waals surface area contributed by atoms with Crippen molar-refractivity contribution >= 4 is 28.7 Å². The number of thiophene rings is 1. The average Bonchev–Trinajstić information content (AvgIpc) is 2.96. The largest absolute Gasteiger partial charge is 0.293 e. The highest BCUT2D eigenvalue weighted by Crippen LogP contribution is 2.16. The molecule has 0 N–H and O–H groups in total. The molecule has 5 heteroatoms. The molecule has 3 nitrogen and oxygen atoms in total. The third kappa shape index (κ3) is 2.54. The second-order valence-corrected chi connectivity index (χ2v) is 4.99. The van der Waals surface area contributed by atoms with Gasteiger partial charge < -0.3 is 0 Å². The molecule has 0 aliphatic carbocycles. The van der Waals surface area contributed by atoms with Crippen LogP contribution in [0.25, 0.3) is 0 Å². The number of carbonyl (C=O) groups excluding carboxylic acids is 1.